The lowest BCUT2D eigenvalue weighted by Gasteiger charge is -2.24. The van der Waals surface area contributed by atoms with Gasteiger partial charge < -0.3 is 9.30 Å². The van der Waals surface area contributed by atoms with Crippen molar-refractivity contribution in [3.05, 3.63) is 137 Å². The molecule has 1 aliphatic rings. The largest absolute Gasteiger partial charge is 0.463 e. The summed E-state index contributed by atoms with van der Waals surface area (Å²) in [5, 5.41) is 1.02. The smallest absolute Gasteiger partial charge is 0.338 e. The van der Waals surface area contributed by atoms with E-state index in [4.69, 9.17) is 4.74 Å². The Kier molecular flexibility index (Phi) is 7.32. The molecule has 2 aromatic heterocycles. The first kappa shape index (κ1) is 27.1. The molecule has 0 bridgehead atoms. The Morgan fingerprint density at radius 3 is 2.56 bits per heavy atom. The molecule has 0 aliphatic carbocycles. The van der Waals surface area contributed by atoms with Crippen molar-refractivity contribution in [3.8, 4) is 0 Å². The maximum absolute atomic E-state index is 14.0. The van der Waals surface area contributed by atoms with Crippen LogP contribution in [0.25, 0.3) is 17.0 Å². The van der Waals surface area contributed by atoms with Crippen molar-refractivity contribution in [2.75, 3.05) is 6.61 Å². The summed E-state index contributed by atoms with van der Waals surface area (Å²) in [6, 6.07) is 21.3. The molecule has 6 rings (SSSR count). The van der Waals surface area contributed by atoms with Crippen LogP contribution in [0, 0.1) is 5.82 Å². The first-order valence-electron chi connectivity index (χ1n) is 13.1. The fraction of sp³-hybridized carbons (Fsp3) is 0.156. The molecule has 41 heavy (non-hydrogen) atoms. The minimum absolute atomic E-state index is 0.181. The second-order valence-electron chi connectivity index (χ2n) is 9.71. The standard InChI is InChI=1S/C32H25BrFN3O3S/c1-3-40-31(39)28-19(2)35-32-37(29(28)21-10-14-24(34)15-11-21)30(38)27(41-32)16-22-18-36(26-7-5-4-6-25(22)26)17-20-8-12-23(33)13-9-20/h4-16,18,29H,3,17H2,1-2H3/b27-16-/t29-/m0/s1. The third-order valence-corrected chi connectivity index (χ3v) is 8.59. The Balaban J connectivity index is 1.51. The van der Waals surface area contributed by atoms with Crippen molar-refractivity contribution in [2.45, 2.75) is 26.4 Å². The monoisotopic (exact) mass is 629 g/mol. The molecule has 1 atom stereocenters. The Morgan fingerprint density at radius 2 is 1.83 bits per heavy atom. The number of hydrogen-bond donors (Lipinski definition) is 0. The van der Waals surface area contributed by atoms with E-state index in [2.05, 4.69) is 49.9 Å². The maximum Gasteiger partial charge on any atom is 0.338 e. The fourth-order valence-electron chi connectivity index (χ4n) is 5.20. The maximum atomic E-state index is 14.0. The van der Waals surface area contributed by atoms with Crippen molar-refractivity contribution >= 4 is 50.2 Å². The molecule has 0 radical (unpaired) electrons. The van der Waals surface area contributed by atoms with Gasteiger partial charge in [0.15, 0.2) is 4.80 Å². The van der Waals surface area contributed by atoms with Gasteiger partial charge in [0.2, 0.25) is 0 Å². The predicted molar refractivity (Wildman–Crippen MR) is 162 cm³/mol. The lowest BCUT2D eigenvalue weighted by molar-refractivity contribution is -0.139. The zero-order valence-electron chi connectivity index (χ0n) is 22.3. The van der Waals surface area contributed by atoms with Crippen molar-refractivity contribution in [1.29, 1.82) is 0 Å². The van der Waals surface area contributed by atoms with Crippen LogP contribution in [0.5, 0.6) is 0 Å². The van der Waals surface area contributed by atoms with Crippen LogP contribution in [0.4, 0.5) is 4.39 Å². The van der Waals surface area contributed by atoms with Gasteiger partial charge in [-0.25, -0.2) is 14.2 Å². The number of ether oxygens (including phenoxy) is 1. The Morgan fingerprint density at radius 1 is 1.10 bits per heavy atom. The van der Waals surface area contributed by atoms with Gasteiger partial charge in [-0.2, -0.15) is 0 Å². The molecular weight excluding hydrogens is 605 g/mol. The van der Waals surface area contributed by atoms with E-state index in [1.54, 1.807) is 26.0 Å². The molecular formula is C32H25BrFN3O3S. The van der Waals surface area contributed by atoms with Crippen molar-refractivity contribution in [2.24, 2.45) is 4.99 Å². The minimum Gasteiger partial charge on any atom is -0.463 e. The number of aromatic nitrogens is 2. The van der Waals surface area contributed by atoms with Gasteiger partial charge in [-0.3, -0.25) is 9.36 Å². The zero-order valence-corrected chi connectivity index (χ0v) is 24.7. The number of fused-ring (bicyclic) bond motifs is 2. The lowest BCUT2D eigenvalue weighted by atomic mass is 9.96. The first-order chi connectivity index (χ1) is 19.8. The molecule has 0 fully saturated rings. The number of nitrogens with zero attached hydrogens (tertiary/aromatic N) is 3. The normalized spacial score (nSPS) is 15.2. The zero-order chi connectivity index (χ0) is 28.7. The van der Waals surface area contributed by atoms with Crippen LogP contribution >= 0.6 is 27.3 Å². The van der Waals surface area contributed by atoms with Crippen LogP contribution in [0.15, 0.2) is 105 Å². The number of carbonyl (C=O) groups excluding carboxylic acids is 1. The van der Waals surface area contributed by atoms with E-state index in [1.165, 1.54) is 28.0 Å². The van der Waals surface area contributed by atoms with Gasteiger partial charge in [0.25, 0.3) is 5.56 Å². The van der Waals surface area contributed by atoms with E-state index in [9.17, 15) is 14.0 Å². The number of benzene rings is 3. The summed E-state index contributed by atoms with van der Waals surface area (Å²) in [4.78, 5) is 32.2. The summed E-state index contributed by atoms with van der Waals surface area (Å²) in [7, 11) is 0. The van der Waals surface area contributed by atoms with Crippen molar-refractivity contribution in [3.63, 3.8) is 0 Å². The van der Waals surface area contributed by atoms with Crippen LogP contribution in [0.3, 0.4) is 0 Å². The predicted octanol–water partition coefficient (Wildman–Crippen LogP) is 5.70. The van der Waals surface area contributed by atoms with Gasteiger partial charge in [0.05, 0.1) is 28.5 Å². The number of halogens is 2. The second kappa shape index (κ2) is 11.1. The van der Waals surface area contributed by atoms with E-state index in [0.717, 1.165) is 26.5 Å². The molecule has 6 nitrogen and oxygen atoms in total. The highest BCUT2D eigenvalue weighted by atomic mass is 79.9. The Hall–Kier alpha value is -4.08. The van der Waals surface area contributed by atoms with Gasteiger partial charge in [-0.1, -0.05) is 69.7 Å². The van der Waals surface area contributed by atoms with E-state index in [1.807, 2.05) is 36.4 Å². The number of rotatable bonds is 6. The van der Waals surface area contributed by atoms with Crippen LogP contribution in [-0.2, 0) is 16.1 Å². The summed E-state index contributed by atoms with van der Waals surface area (Å²) < 4.78 is 24.4. The molecule has 0 spiro atoms. The molecule has 0 saturated carbocycles. The van der Waals surface area contributed by atoms with Crippen molar-refractivity contribution < 1.29 is 13.9 Å². The van der Waals surface area contributed by atoms with Gasteiger partial charge in [-0.15, -0.1) is 0 Å². The number of para-hydroxylation sites is 1. The summed E-state index contributed by atoms with van der Waals surface area (Å²) in [5.74, 6) is -0.951. The lowest BCUT2D eigenvalue weighted by Crippen LogP contribution is -2.39. The first-order valence-corrected chi connectivity index (χ1v) is 14.7. The van der Waals surface area contributed by atoms with Gasteiger partial charge in [-0.05, 0) is 61.4 Å². The average Bonchev–Trinajstić information content (AvgIpc) is 3.46. The molecule has 0 unspecified atom stereocenters. The molecule has 5 aromatic rings. The van der Waals surface area contributed by atoms with Crippen LogP contribution in [-0.4, -0.2) is 21.7 Å². The molecule has 9 heteroatoms. The highest BCUT2D eigenvalue weighted by Gasteiger charge is 2.33. The SMILES string of the molecule is CCOC(=O)C1=C(C)N=c2s/c(=C\c3cn(Cc4ccc(Br)cc4)c4ccccc34)c(=O)n2[C@H]1c1ccc(F)cc1. The molecule has 0 saturated heterocycles. The van der Waals surface area contributed by atoms with Gasteiger partial charge in [0, 0.05) is 33.7 Å². The molecule has 0 N–H and O–H groups in total. The number of allylic oxidation sites excluding steroid dienone is 1. The minimum atomic E-state index is -0.785. The van der Waals surface area contributed by atoms with E-state index in [0.29, 0.717) is 27.1 Å². The summed E-state index contributed by atoms with van der Waals surface area (Å²) in [5.41, 5.74) is 4.17. The van der Waals surface area contributed by atoms with E-state index >= 15 is 0 Å². The average molecular weight is 631 g/mol. The number of carbonyl (C=O) groups is 1. The number of esters is 1. The third kappa shape index (κ3) is 5.11. The fourth-order valence-corrected chi connectivity index (χ4v) is 6.50. The topological polar surface area (TPSA) is 65.6 Å². The molecule has 0 amide bonds. The summed E-state index contributed by atoms with van der Waals surface area (Å²) in [6.07, 6.45) is 3.94. The van der Waals surface area contributed by atoms with E-state index < -0.39 is 17.8 Å². The second-order valence-corrected chi connectivity index (χ2v) is 11.6. The molecule has 3 aromatic carbocycles. The van der Waals surface area contributed by atoms with Crippen LogP contribution < -0.4 is 14.9 Å². The third-order valence-electron chi connectivity index (χ3n) is 7.07. The van der Waals surface area contributed by atoms with Gasteiger partial charge in [0.1, 0.15) is 5.82 Å². The highest BCUT2D eigenvalue weighted by molar-refractivity contribution is 9.10. The van der Waals surface area contributed by atoms with Crippen LogP contribution in [0.1, 0.15) is 36.6 Å². The van der Waals surface area contributed by atoms with Gasteiger partial charge >= 0.3 is 5.97 Å². The Bertz CT molecular complexity index is 2000. The summed E-state index contributed by atoms with van der Waals surface area (Å²) in [6.45, 7) is 4.31. The molecule has 1 aliphatic heterocycles. The molecule has 206 valence electrons. The summed E-state index contributed by atoms with van der Waals surface area (Å²) >= 11 is 4.76. The Labute approximate surface area is 247 Å². The quantitative estimate of drug-likeness (QED) is 0.226. The number of hydrogen-bond acceptors (Lipinski definition) is 5. The van der Waals surface area contributed by atoms with E-state index in [-0.39, 0.29) is 17.7 Å². The molecule has 3 heterocycles. The number of thiazole rings is 1. The van der Waals surface area contributed by atoms with Crippen LogP contribution in [0.2, 0.25) is 0 Å². The highest BCUT2D eigenvalue weighted by Crippen LogP contribution is 2.31. The van der Waals surface area contributed by atoms with Crippen molar-refractivity contribution in [1.82, 2.24) is 9.13 Å².